The second-order valence-electron chi connectivity index (χ2n) is 6.32. The quantitative estimate of drug-likeness (QED) is 0.612. The molecule has 26 heavy (non-hydrogen) atoms. The van der Waals surface area contributed by atoms with Crippen LogP contribution in [0.3, 0.4) is 0 Å². The van der Waals surface area contributed by atoms with Crippen LogP contribution in [0.2, 0.25) is 0 Å². The van der Waals surface area contributed by atoms with Crippen LogP contribution in [0.25, 0.3) is 0 Å². The van der Waals surface area contributed by atoms with Crippen molar-refractivity contribution in [1.29, 1.82) is 0 Å². The molecule has 0 amide bonds. The van der Waals surface area contributed by atoms with Gasteiger partial charge in [0.1, 0.15) is 10.7 Å². The first kappa shape index (κ1) is 18.3. The molecule has 2 aromatic carbocycles. The van der Waals surface area contributed by atoms with E-state index in [9.17, 15) is 22.9 Å². The molecular formula is C17H18FN3O4S. The zero-order valence-corrected chi connectivity index (χ0v) is 14.6. The van der Waals surface area contributed by atoms with Gasteiger partial charge in [0.25, 0.3) is 5.69 Å². The average Bonchev–Trinajstić information content (AvgIpc) is 3.03. The lowest BCUT2D eigenvalue weighted by atomic mass is 9.94. The molecule has 0 radical (unpaired) electrons. The van der Waals surface area contributed by atoms with Gasteiger partial charge in [-0.1, -0.05) is 18.6 Å². The molecule has 0 aromatic heterocycles. The summed E-state index contributed by atoms with van der Waals surface area (Å²) in [4.78, 5) is 9.94. The van der Waals surface area contributed by atoms with Gasteiger partial charge < -0.3 is 5.32 Å². The van der Waals surface area contributed by atoms with E-state index in [1.54, 1.807) is 12.1 Å². The van der Waals surface area contributed by atoms with Gasteiger partial charge in [-0.15, -0.1) is 0 Å². The van der Waals surface area contributed by atoms with Crippen molar-refractivity contribution in [2.75, 3.05) is 5.32 Å². The Bertz CT molecular complexity index is 932. The Morgan fingerprint density at radius 2 is 1.85 bits per heavy atom. The second kappa shape index (κ2) is 7.00. The number of hydrogen-bond acceptors (Lipinski definition) is 5. The number of nitrogens with one attached hydrogen (secondary N) is 1. The van der Waals surface area contributed by atoms with E-state index in [0.717, 1.165) is 30.9 Å². The van der Waals surface area contributed by atoms with Crippen molar-refractivity contribution in [1.82, 2.24) is 0 Å². The van der Waals surface area contributed by atoms with Crippen LogP contribution in [0.1, 0.15) is 30.7 Å². The lowest BCUT2D eigenvalue weighted by Gasteiger charge is -2.23. The topological polar surface area (TPSA) is 115 Å². The summed E-state index contributed by atoms with van der Waals surface area (Å²) < 4.78 is 36.9. The highest BCUT2D eigenvalue weighted by molar-refractivity contribution is 7.89. The molecular weight excluding hydrogens is 361 g/mol. The monoisotopic (exact) mass is 379 g/mol. The minimum Gasteiger partial charge on any atom is -0.381 e. The van der Waals surface area contributed by atoms with Crippen LogP contribution in [0.4, 0.5) is 15.8 Å². The normalized spacial score (nSPS) is 20.1. The number of non-ortho nitro benzene ring substituents is 1. The molecule has 1 aliphatic rings. The maximum Gasteiger partial charge on any atom is 0.270 e. The fourth-order valence-corrected chi connectivity index (χ4v) is 4.14. The van der Waals surface area contributed by atoms with E-state index in [4.69, 9.17) is 5.14 Å². The zero-order chi connectivity index (χ0) is 18.9. The average molecular weight is 379 g/mol. The number of nitrogens with zero attached hydrogens (tertiary/aromatic N) is 1. The molecule has 0 aliphatic heterocycles. The van der Waals surface area contributed by atoms with E-state index in [-0.39, 0.29) is 34.0 Å². The molecule has 0 heterocycles. The van der Waals surface area contributed by atoms with Gasteiger partial charge in [-0.2, -0.15) is 0 Å². The largest absolute Gasteiger partial charge is 0.381 e. The van der Waals surface area contributed by atoms with Crippen LogP contribution in [0.5, 0.6) is 0 Å². The molecule has 1 saturated carbocycles. The van der Waals surface area contributed by atoms with Gasteiger partial charge in [-0.3, -0.25) is 10.1 Å². The van der Waals surface area contributed by atoms with Crippen LogP contribution >= 0.6 is 0 Å². The number of nitro groups is 1. The van der Waals surface area contributed by atoms with E-state index in [0.29, 0.717) is 0 Å². The summed E-state index contributed by atoms with van der Waals surface area (Å²) in [5.74, 6) is -0.234. The summed E-state index contributed by atoms with van der Waals surface area (Å²) in [6.07, 6.45) is 2.60. The third-order valence-corrected chi connectivity index (χ3v) is 5.59. The highest BCUT2D eigenvalue weighted by Crippen LogP contribution is 2.38. The van der Waals surface area contributed by atoms with Crippen LogP contribution in [-0.2, 0) is 10.0 Å². The number of rotatable bonds is 5. The molecule has 7 nitrogen and oxygen atoms in total. The highest BCUT2D eigenvalue weighted by Gasteiger charge is 2.30. The molecule has 3 rings (SSSR count). The van der Waals surface area contributed by atoms with Gasteiger partial charge in [-0.05, 0) is 36.6 Å². The summed E-state index contributed by atoms with van der Waals surface area (Å²) in [7, 11) is -4.14. The Labute approximate surface area is 150 Å². The highest BCUT2D eigenvalue weighted by atomic mass is 32.2. The van der Waals surface area contributed by atoms with Crippen molar-refractivity contribution in [2.24, 2.45) is 5.14 Å². The molecule has 0 spiro atoms. The van der Waals surface area contributed by atoms with E-state index in [1.165, 1.54) is 24.3 Å². The van der Waals surface area contributed by atoms with Crippen LogP contribution in [-0.4, -0.2) is 19.4 Å². The fourth-order valence-electron chi connectivity index (χ4n) is 3.42. The third kappa shape index (κ3) is 3.83. The molecule has 9 heteroatoms. The second-order valence-corrected chi connectivity index (χ2v) is 7.85. The van der Waals surface area contributed by atoms with Gasteiger partial charge in [0.05, 0.1) is 10.6 Å². The molecule has 2 unspecified atom stereocenters. The lowest BCUT2D eigenvalue weighted by Crippen LogP contribution is -2.25. The summed E-state index contributed by atoms with van der Waals surface area (Å²) in [5, 5.41) is 19.3. The fraction of sp³-hybridized carbons (Fsp3) is 0.294. The first-order valence-electron chi connectivity index (χ1n) is 8.09. The minimum absolute atomic E-state index is 0.0811. The summed E-state index contributed by atoms with van der Waals surface area (Å²) in [6.45, 7) is 0. The predicted molar refractivity (Wildman–Crippen MR) is 94.9 cm³/mol. The smallest absolute Gasteiger partial charge is 0.270 e. The number of primary sulfonamides is 1. The van der Waals surface area contributed by atoms with Gasteiger partial charge in [0.15, 0.2) is 0 Å². The Balaban J connectivity index is 1.92. The number of nitrogens with two attached hydrogens (primary N) is 1. The van der Waals surface area contributed by atoms with Crippen LogP contribution in [0.15, 0.2) is 47.4 Å². The molecule has 2 atom stereocenters. The SMILES string of the molecule is NS(=O)(=O)c1cc([N+](=O)[O-])ccc1NC1CCCC1c1ccc(F)cc1. The van der Waals surface area contributed by atoms with E-state index in [2.05, 4.69) is 5.32 Å². The number of nitro benzene ring substituents is 1. The number of hydrogen-bond donors (Lipinski definition) is 2. The number of halogens is 1. The van der Waals surface area contributed by atoms with Gasteiger partial charge in [0.2, 0.25) is 10.0 Å². The first-order chi connectivity index (χ1) is 12.3. The van der Waals surface area contributed by atoms with Crippen molar-refractivity contribution in [3.05, 3.63) is 64.0 Å². The van der Waals surface area contributed by atoms with E-state index in [1.807, 2.05) is 0 Å². The van der Waals surface area contributed by atoms with Crippen molar-refractivity contribution in [2.45, 2.75) is 36.1 Å². The lowest BCUT2D eigenvalue weighted by molar-refractivity contribution is -0.385. The minimum atomic E-state index is -4.14. The predicted octanol–water partition coefficient (Wildman–Crippen LogP) is 3.13. The van der Waals surface area contributed by atoms with E-state index >= 15 is 0 Å². The Kier molecular flexibility index (Phi) is 4.92. The standard InChI is InChI=1S/C17H18FN3O4S/c18-12-6-4-11(5-7-12)14-2-1-3-15(14)20-16-9-8-13(21(22)23)10-17(16)26(19,24)25/h4-10,14-15,20H,1-3H2,(H2,19,24,25). The van der Waals surface area contributed by atoms with Gasteiger partial charge in [0, 0.05) is 24.1 Å². The van der Waals surface area contributed by atoms with Crippen LogP contribution in [0, 0.1) is 15.9 Å². The van der Waals surface area contributed by atoms with Gasteiger partial charge >= 0.3 is 0 Å². The van der Waals surface area contributed by atoms with Crippen molar-refractivity contribution < 1.29 is 17.7 Å². The maximum atomic E-state index is 13.2. The van der Waals surface area contributed by atoms with Crippen molar-refractivity contribution in [3.63, 3.8) is 0 Å². The van der Waals surface area contributed by atoms with Crippen molar-refractivity contribution in [3.8, 4) is 0 Å². The molecule has 1 aliphatic carbocycles. The molecule has 138 valence electrons. The molecule has 0 saturated heterocycles. The Hall–Kier alpha value is -2.52. The Morgan fingerprint density at radius 3 is 2.46 bits per heavy atom. The number of sulfonamides is 1. The maximum absolute atomic E-state index is 13.2. The molecule has 1 fully saturated rings. The summed E-state index contributed by atoms with van der Waals surface area (Å²) >= 11 is 0. The first-order valence-corrected chi connectivity index (χ1v) is 9.63. The van der Waals surface area contributed by atoms with Gasteiger partial charge in [-0.25, -0.2) is 17.9 Å². The number of anilines is 1. The third-order valence-electron chi connectivity index (χ3n) is 4.64. The molecule has 3 N–H and O–H groups in total. The molecule has 2 aromatic rings. The zero-order valence-electron chi connectivity index (χ0n) is 13.8. The Morgan fingerprint density at radius 1 is 1.15 bits per heavy atom. The summed E-state index contributed by atoms with van der Waals surface area (Å²) in [5.41, 5.74) is 0.846. The summed E-state index contributed by atoms with van der Waals surface area (Å²) in [6, 6.07) is 9.70. The molecule has 0 bridgehead atoms. The van der Waals surface area contributed by atoms with Crippen LogP contribution < -0.4 is 10.5 Å². The van der Waals surface area contributed by atoms with E-state index < -0.39 is 14.9 Å². The van der Waals surface area contributed by atoms with Crippen molar-refractivity contribution >= 4 is 21.4 Å². The number of benzene rings is 2.